The van der Waals surface area contributed by atoms with Crippen molar-refractivity contribution >= 4 is 33.3 Å². The molecule has 0 amide bonds. The maximum atomic E-state index is 6.06. The molecule has 0 saturated carbocycles. The highest BCUT2D eigenvalue weighted by Crippen LogP contribution is 2.23. The number of hydrogen-bond acceptors (Lipinski definition) is 3. The van der Waals surface area contributed by atoms with Crippen molar-refractivity contribution in [2.45, 2.75) is 6.42 Å². The molecule has 0 unspecified atom stereocenters. The molecule has 86 valence electrons. The van der Waals surface area contributed by atoms with E-state index in [-0.39, 0.29) is 0 Å². The molecule has 1 aromatic rings. The number of nitrogens with zero attached hydrogens (tertiary/aromatic N) is 1. The Morgan fingerprint density at radius 3 is 3.12 bits per heavy atom. The Kier molecular flexibility index (Phi) is 4.21. The van der Waals surface area contributed by atoms with Gasteiger partial charge in [-0.15, -0.1) is 0 Å². The number of hydrogen-bond donors (Lipinski definition) is 2. The quantitative estimate of drug-likeness (QED) is 0.843. The van der Waals surface area contributed by atoms with E-state index in [1.807, 2.05) is 6.07 Å². The van der Waals surface area contributed by atoms with Gasteiger partial charge in [-0.25, -0.2) is 4.98 Å². The maximum absolute atomic E-state index is 6.06. The molecule has 0 aliphatic carbocycles. The first kappa shape index (κ1) is 11.9. The summed E-state index contributed by atoms with van der Waals surface area (Å²) in [4.78, 5) is 4.23. The largest absolute Gasteiger partial charge is 0.365 e. The highest BCUT2D eigenvalue weighted by molar-refractivity contribution is 9.10. The molecule has 2 heterocycles. The van der Waals surface area contributed by atoms with E-state index in [1.165, 1.54) is 5.57 Å². The van der Waals surface area contributed by atoms with Crippen LogP contribution in [-0.4, -0.2) is 24.6 Å². The minimum absolute atomic E-state index is 0.643. The van der Waals surface area contributed by atoms with Crippen molar-refractivity contribution in [2.24, 2.45) is 0 Å². The van der Waals surface area contributed by atoms with Gasteiger partial charge in [0.1, 0.15) is 5.82 Å². The summed E-state index contributed by atoms with van der Waals surface area (Å²) in [6.45, 7) is 2.82. The van der Waals surface area contributed by atoms with Crippen LogP contribution in [-0.2, 0) is 0 Å². The lowest BCUT2D eigenvalue weighted by atomic mass is 10.1. The zero-order chi connectivity index (χ0) is 11.4. The van der Waals surface area contributed by atoms with E-state index in [0.717, 1.165) is 36.3 Å². The van der Waals surface area contributed by atoms with Gasteiger partial charge in [0.25, 0.3) is 0 Å². The SMILES string of the molecule is Clc1cc(Br)cnc1NCC1=CCNCC1. The lowest BCUT2D eigenvalue weighted by molar-refractivity contribution is 0.698. The third-order valence-corrected chi connectivity index (χ3v) is 3.17. The van der Waals surface area contributed by atoms with Crippen LogP contribution in [0.2, 0.25) is 5.02 Å². The van der Waals surface area contributed by atoms with Gasteiger partial charge in [-0.2, -0.15) is 0 Å². The van der Waals surface area contributed by atoms with Gasteiger partial charge in [0.2, 0.25) is 0 Å². The summed E-state index contributed by atoms with van der Waals surface area (Å²) < 4.78 is 0.893. The second-order valence-corrected chi connectivity index (χ2v) is 4.98. The maximum Gasteiger partial charge on any atom is 0.145 e. The van der Waals surface area contributed by atoms with E-state index >= 15 is 0 Å². The number of nitrogens with one attached hydrogen (secondary N) is 2. The van der Waals surface area contributed by atoms with Crippen molar-refractivity contribution in [1.82, 2.24) is 10.3 Å². The molecule has 16 heavy (non-hydrogen) atoms. The Bertz CT molecular complexity index is 406. The van der Waals surface area contributed by atoms with Gasteiger partial charge in [-0.3, -0.25) is 0 Å². The molecular formula is C11H13BrClN3. The fourth-order valence-corrected chi connectivity index (χ4v) is 2.27. The van der Waals surface area contributed by atoms with Crippen LogP contribution in [0.4, 0.5) is 5.82 Å². The first-order valence-electron chi connectivity index (χ1n) is 5.19. The molecule has 0 atom stereocenters. The Balaban J connectivity index is 1.96. The molecule has 0 aromatic carbocycles. The number of aromatic nitrogens is 1. The average molecular weight is 303 g/mol. The van der Waals surface area contributed by atoms with Gasteiger partial charge < -0.3 is 10.6 Å². The van der Waals surface area contributed by atoms with Crippen molar-refractivity contribution in [3.63, 3.8) is 0 Å². The first-order chi connectivity index (χ1) is 7.75. The topological polar surface area (TPSA) is 37.0 Å². The molecule has 0 saturated heterocycles. The van der Waals surface area contributed by atoms with Crippen LogP contribution in [0, 0.1) is 0 Å². The Labute approximate surface area is 108 Å². The van der Waals surface area contributed by atoms with E-state index in [9.17, 15) is 0 Å². The van der Waals surface area contributed by atoms with Gasteiger partial charge >= 0.3 is 0 Å². The smallest absolute Gasteiger partial charge is 0.145 e. The molecule has 3 nitrogen and oxygen atoms in total. The van der Waals surface area contributed by atoms with E-state index < -0.39 is 0 Å². The molecular weight excluding hydrogens is 289 g/mol. The minimum Gasteiger partial charge on any atom is -0.365 e. The fourth-order valence-electron chi connectivity index (χ4n) is 1.57. The average Bonchev–Trinajstić information content (AvgIpc) is 2.29. The summed E-state index contributed by atoms with van der Waals surface area (Å²) in [6.07, 6.45) is 5.04. The Hall–Kier alpha value is -0.580. The summed E-state index contributed by atoms with van der Waals surface area (Å²) in [7, 11) is 0. The van der Waals surface area contributed by atoms with Crippen molar-refractivity contribution in [1.29, 1.82) is 0 Å². The van der Waals surface area contributed by atoms with Gasteiger partial charge in [0.15, 0.2) is 0 Å². The van der Waals surface area contributed by atoms with Crippen LogP contribution < -0.4 is 10.6 Å². The highest BCUT2D eigenvalue weighted by atomic mass is 79.9. The van der Waals surface area contributed by atoms with Gasteiger partial charge in [0, 0.05) is 23.8 Å². The molecule has 0 fully saturated rings. The molecule has 0 spiro atoms. The second kappa shape index (κ2) is 5.66. The van der Waals surface area contributed by atoms with Crippen LogP contribution in [0.1, 0.15) is 6.42 Å². The van der Waals surface area contributed by atoms with Gasteiger partial charge in [-0.1, -0.05) is 23.3 Å². The van der Waals surface area contributed by atoms with E-state index in [1.54, 1.807) is 6.20 Å². The summed E-state index contributed by atoms with van der Waals surface area (Å²) in [5, 5.41) is 7.17. The predicted molar refractivity (Wildman–Crippen MR) is 71.0 cm³/mol. The van der Waals surface area contributed by atoms with Crippen molar-refractivity contribution in [2.75, 3.05) is 25.0 Å². The standard InChI is InChI=1S/C11H13BrClN3/c12-9-5-10(13)11(16-7-9)15-6-8-1-3-14-4-2-8/h1,5,7,14H,2-4,6H2,(H,15,16). The number of pyridine rings is 1. The third-order valence-electron chi connectivity index (χ3n) is 2.45. The van der Waals surface area contributed by atoms with Crippen LogP contribution in [0.15, 0.2) is 28.4 Å². The molecule has 1 aromatic heterocycles. The van der Waals surface area contributed by atoms with E-state index in [0.29, 0.717) is 5.02 Å². The summed E-state index contributed by atoms with van der Waals surface area (Å²) in [5.41, 5.74) is 1.40. The number of halogens is 2. The summed E-state index contributed by atoms with van der Waals surface area (Å²) in [6, 6.07) is 1.84. The Morgan fingerprint density at radius 2 is 2.44 bits per heavy atom. The van der Waals surface area contributed by atoms with Gasteiger partial charge in [-0.05, 0) is 35.0 Å². The van der Waals surface area contributed by atoms with Gasteiger partial charge in [0.05, 0.1) is 5.02 Å². The van der Waals surface area contributed by atoms with Crippen LogP contribution in [0.3, 0.4) is 0 Å². The highest BCUT2D eigenvalue weighted by Gasteiger charge is 2.05. The molecule has 1 aliphatic rings. The lowest BCUT2D eigenvalue weighted by Gasteiger charge is -2.15. The summed E-state index contributed by atoms with van der Waals surface area (Å²) >= 11 is 9.39. The first-order valence-corrected chi connectivity index (χ1v) is 6.36. The number of rotatable bonds is 3. The van der Waals surface area contributed by atoms with Crippen molar-refractivity contribution in [3.05, 3.63) is 33.4 Å². The predicted octanol–water partition coefficient (Wildman–Crippen LogP) is 2.83. The molecule has 1 aliphatic heterocycles. The van der Waals surface area contributed by atoms with Crippen LogP contribution in [0.5, 0.6) is 0 Å². The molecule has 0 radical (unpaired) electrons. The van der Waals surface area contributed by atoms with E-state index in [4.69, 9.17) is 11.6 Å². The van der Waals surface area contributed by atoms with Crippen molar-refractivity contribution < 1.29 is 0 Å². The fraction of sp³-hybridized carbons (Fsp3) is 0.364. The zero-order valence-electron chi connectivity index (χ0n) is 8.76. The van der Waals surface area contributed by atoms with Crippen molar-refractivity contribution in [3.8, 4) is 0 Å². The minimum atomic E-state index is 0.643. The van der Waals surface area contributed by atoms with E-state index in [2.05, 4.69) is 37.6 Å². The third kappa shape index (κ3) is 3.20. The zero-order valence-corrected chi connectivity index (χ0v) is 11.1. The van der Waals surface area contributed by atoms with Crippen LogP contribution >= 0.6 is 27.5 Å². The van der Waals surface area contributed by atoms with Crippen LogP contribution in [0.25, 0.3) is 0 Å². The second-order valence-electron chi connectivity index (χ2n) is 3.65. The monoisotopic (exact) mass is 301 g/mol. The normalized spacial score (nSPS) is 15.8. The summed E-state index contributed by atoms with van der Waals surface area (Å²) in [5.74, 6) is 0.740. The number of anilines is 1. The molecule has 0 bridgehead atoms. The Morgan fingerprint density at radius 1 is 1.56 bits per heavy atom. The molecule has 5 heteroatoms. The molecule has 2 rings (SSSR count). The molecule has 2 N–H and O–H groups in total. The lowest BCUT2D eigenvalue weighted by Crippen LogP contribution is -2.23.